The summed E-state index contributed by atoms with van der Waals surface area (Å²) in [5, 5.41) is 29.0. The summed E-state index contributed by atoms with van der Waals surface area (Å²) in [6, 6.07) is 8.45. The number of nitrogens with one attached hydrogen (secondary N) is 1. The Morgan fingerprint density at radius 1 is 1.12 bits per heavy atom. The molecule has 11 heteroatoms. The standard InChI is InChI=1S/C23H28N6O4S/c24-21(32)13-6-10-27(11-7-13)22(33)16-12-17(30)20(31)18-19(16)29(23(34)26-18)15-4-2-14(3-5-15)28-9-1-8-25-28/h1-5,8-9,13,16-20,30-31H,6-7,10-12H2,(H2,24,32)(H,26,34)/t16-,17-,18-,19+,20+/m1/s1. The minimum absolute atomic E-state index is 0.103. The van der Waals surface area contributed by atoms with Crippen molar-refractivity contribution < 1.29 is 19.8 Å². The molecule has 1 aromatic heterocycles. The number of anilines is 1. The van der Waals surface area contributed by atoms with E-state index >= 15 is 0 Å². The molecule has 2 saturated heterocycles. The van der Waals surface area contributed by atoms with Gasteiger partial charge in [0, 0.05) is 37.1 Å². The number of carbonyl (C=O) groups excluding carboxylic acids is 2. The largest absolute Gasteiger partial charge is 0.390 e. The number of nitrogens with two attached hydrogens (primary N) is 1. The smallest absolute Gasteiger partial charge is 0.227 e. The first kappa shape index (κ1) is 22.8. The summed E-state index contributed by atoms with van der Waals surface area (Å²) in [6.45, 7) is 0.880. The molecule has 0 bridgehead atoms. The van der Waals surface area contributed by atoms with Gasteiger partial charge < -0.3 is 31.1 Å². The normalized spacial score (nSPS) is 29.6. The lowest BCUT2D eigenvalue weighted by molar-refractivity contribution is -0.144. The Labute approximate surface area is 202 Å². The van der Waals surface area contributed by atoms with Crippen LogP contribution in [0.25, 0.3) is 5.69 Å². The van der Waals surface area contributed by atoms with Crippen molar-refractivity contribution in [1.29, 1.82) is 0 Å². The Morgan fingerprint density at radius 3 is 2.41 bits per heavy atom. The van der Waals surface area contributed by atoms with Gasteiger partial charge in [-0.15, -0.1) is 0 Å². The fourth-order valence-electron chi connectivity index (χ4n) is 5.43. The van der Waals surface area contributed by atoms with Gasteiger partial charge in [-0.3, -0.25) is 9.59 Å². The van der Waals surface area contributed by atoms with E-state index < -0.39 is 30.2 Å². The van der Waals surface area contributed by atoms with Crippen LogP contribution in [0.1, 0.15) is 19.3 Å². The van der Waals surface area contributed by atoms with Crippen LogP contribution in [0.5, 0.6) is 0 Å². The highest BCUT2D eigenvalue weighted by molar-refractivity contribution is 7.80. The summed E-state index contributed by atoms with van der Waals surface area (Å²) in [5.41, 5.74) is 7.11. The molecule has 3 aliphatic rings. The molecule has 2 aromatic rings. The van der Waals surface area contributed by atoms with E-state index in [4.69, 9.17) is 18.0 Å². The molecule has 0 radical (unpaired) electrons. The minimum atomic E-state index is -1.05. The Balaban J connectivity index is 1.42. The number of carbonyl (C=O) groups is 2. The Kier molecular flexibility index (Phi) is 6.00. The lowest BCUT2D eigenvalue weighted by atomic mass is 9.76. The van der Waals surface area contributed by atoms with Crippen molar-refractivity contribution in [1.82, 2.24) is 20.0 Å². The van der Waals surface area contributed by atoms with Gasteiger partial charge in [0.25, 0.3) is 0 Å². The average molecular weight is 485 g/mol. The van der Waals surface area contributed by atoms with E-state index in [1.54, 1.807) is 15.8 Å². The highest BCUT2D eigenvalue weighted by Crippen LogP contribution is 2.38. The third-order valence-corrected chi connectivity index (χ3v) is 7.58. The van der Waals surface area contributed by atoms with Crippen molar-refractivity contribution in [2.24, 2.45) is 17.6 Å². The molecule has 2 amide bonds. The lowest BCUT2D eigenvalue weighted by Gasteiger charge is -2.44. The number of piperidine rings is 1. The quantitative estimate of drug-likeness (QED) is 0.437. The fraction of sp³-hybridized carbons (Fsp3) is 0.478. The zero-order chi connectivity index (χ0) is 24.0. The first-order valence-electron chi connectivity index (χ1n) is 11.5. The summed E-state index contributed by atoms with van der Waals surface area (Å²) in [6.07, 6.45) is 2.64. The third kappa shape index (κ3) is 3.93. The van der Waals surface area contributed by atoms with Crippen LogP contribution in [0.3, 0.4) is 0 Å². The molecule has 5 rings (SSSR count). The third-order valence-electron chi connectivity index (χ3n) is 7.27. The Morgan fingerprint density at radius 2 is 1.79 bits per heavy atom. The van der Waals surface area contributed by atoms with E-state index in [1.165, 1.54) is 0 Å². The maximum absolute atomic E-state index is 13.6. The molecular weight excluding hydrogens is 456 g/mol. The molecule has 0 unspecified atom stereocenters. The monoisotopic (exact) mass is 484 g/mol. The Bertz CT molecular complexity index is 1070. The molecule has 1 aliphatic carbocycles. The van der Waals surface area contributed by atoms with E-state index in [-0.39, 0.29) is 24.2 Å². The van der Waals surface area contributed by atoms with Crippen LogP contribution in [0.4, 0.5) is 5.69 Å². The summed E-state index contributed by atoms with van der Waals surface area (Å²) in [5.74, 6) is -1.24. The zero-order valence-corrected chi connectivity index (χ0v) is 19.3. The molecule has 10 nitrogen and oxygen atoms in total. The maximum atomic E-state index is 13.6. The molecule has 5 N–H and O–H groups in total. The number of fused-ring (bicyclic) bond motifs is 1. The number of likely N-dealkylation sites (tertiary alicyclic amines) is 1. The van der Waals surface area contributed by atoms with Gasteiger partial charge in [-0.25, -0.2) is 4.68 Å². The van der Waals surface area contributed by atoms with E-state index in [9.17, 15) is 19.8 Å². The second kappa shape index (κ2) is 8.97. The predicted octanol–water partition coefficient (Wildman–Crippen LogP) is -0.230. The van der Waals surface area contributed by atoms with Gasteiger partial charge in [-0.1, -0.05) is 0 Å². The van der Waals surface area contributed by atoms with Crippen molar-refractivity contribution in [2.45, 2.75) is 43.6 Å². The van der Waals surface area contributed by atoms with Gasteiger partial charge in [-0.05, 0) is 61.8 Å². The number of primary amides is 1. The van der Waals surface area contributed by atoms with Crippen LogP contribution >= 0.6 is 12.2 Å². The maximum Gasteiger partial charge on any atom is 0.227 e. The molecule has 2 aliphatic heterocycles. The first-order chi connectivity index (χ1) is 16.3. The first-order valence-corrected chi connectivity index (χ1v) is 11.9. The number of thiocarbonyl (C=S) groups is 1. The highest BCUT2D eigenvalue weighted by Gasteiger charge is 2.54. The molecule has 0 spiro atoms. The van der Waals surface area contributed by atoms with Crippen LogP contribution in [0.15, 0.2) is 42.7 Å². The SMILES string of the molecule is NC(=O)C1CCN(C(=O)[C@@H]2C[C@@H](O)[C@H](O)[C@@H]3NC(=S)N(c4ccc(-n5cccn5)cc4)[C@H]32)CC1. The topological polar surface area (TPSA) is 137 Å². The number of benzene rings is 1. The van der Waals surface area contributed by atoms with Crippen molar-refractivity contribution in [2.75, 3.05) is 18.0 Å². The van der Waals surface area contributed by atoms with Gasteiger partial charge in [0.1, 0.15) is 6.10 Å². The van der Waals surface area contributed by atoms with Gasteiger partial charge in [0.15, 0.2) is 5.11 Å². The second-order valence-electron chi connectivity index (χ2n) is 9.20. The minimum Gasteiger partial charge on any atom is -0.390 e. The number of nitrogens with zero attached hydrogens (tertiary/aromatic N) is 4. The van der Waals surface area contributed by atoms with Gasteiger partial charge in [-0.2, -0.15) is 5.10 Å². The van der Waals surface area contributed by atoms with Crippen LogP contribution in [0.2, 0.25) is 0 Å². The lowest BCUT2D eigenvalue weighted by Crippen LogP contribution is -2.61. The molecule has 1 saturated carbocycles. The molecular formula is C23H28N6O4S. The van der Waals surface area contributed by atoms with Gasteiger partial charge in [0.2, 0.25) is 11.8 Å². The number of amides is 2. The molecule has 1 aromatic carbocycles. The summed E-state index contributed by atoms with van der Waals surface area (Å²) < 4.78 is 1.75. The number of rotatable bonds is 4. The van der Waals surface area contributed by atoms with Gasteiger partial charge >= 0.3 is 0 Å². The van der Waals surface area contributed by atoms with E-state index in [1.807, 2.05) is 41.4 Å². The van der Waals surface area contributed by atoms with E-state index in [0.29, 0.717) is 31.0 Å². The summed E-state index contributed by atoms with van der Waals surface area (Å²) in [7, 11) is 0. The van der Waals surface area contributed by atoms with Crippen LogP contribution in [0, 0.1) is 11.8 Å². The molecule has 3 fully saturated rings. The molecule has 3 heterocycles. The van der Waals surface area contributed by atoms with Gasteiger partial charge in [0.05, 0.1) is 29.8 Å². The zero-order valence-electron chi connectivity index (χ0n) is 18.5. The van der Waals surface area contributed by atoms with Crippen molar-refractivity contribution in [3.8, 4) is 5.69 Å². The number of hydrogen-bond acceptors (Lipinski definition) is 6. The van der Waals surface area contributed by atoms with E-state index in [0.717, 1.165) is 11.4 Å². The molecule has 34 heavy (non-hydrogen) atoms. The number of hydrogen-bond donors (Lipinski definition) is 4. The summed E-state index contributed by atoms with van der Waals surface area (Å²) >= 11 is 5.61. The molecule has 5 atom stereocenters. The van der Waals surface area contributed by atoms with Crippen molar-refractivity contribution >= 4 is 34.8 Å². The van der Waals surface area contributed by atoms with Crippen molar-refractivity contribution in [3.63, 3.8) is 0 Å². The average Bonchev–Trinajstić information content (AvgIpc) is 3.49. The van der Waals surface area contributed by atoms with E-state index in [2.05, 4.69) is 10.4 Å². The number of aliphatic hydroxyl groups excluding tert-OH is 2. The van der Waals surface area contributed by atoms with Crippen LogP contribution < -0.4 is 16.0 Å². The van der Waals surface area contributed by atoms with Crippen LogP contribution in [-0.2, 0) is 9.59 Å². The molecule has 180 valence electrons. The van der Waals surface area contributed by atoms with Crippen molar-refractivity contribution in [3.05, 3.63) is 42.7 Å². The highest BCUT2D eigenvalue weighted by atomic mass is 32.1. The second-order valence-corrected chi connectivity index (χ2v) is 9.59. The fourth-order valence-corrected chi connectivity index (χ4v) is 5.80. The summed E-state index contributed by atoms with van der Waals surface area (Å²) in [4.78, 5) is 28.8. The Hall–Kier alpha value is -3.02. The number of aromatic nitrogens is 2. The van der Waals surface area contributed by atoms with Crippen LogP contribution in [-0.4, -0.2) is 79.2 Å². The predicted molar refractivity (Wildman–Crippen MR) is 128 cm³/mol. The number of aliphatic hydroxyl groups is 2.